The highest BCUT2D eigenvalue weighted by Crippen LogP contribution is 2.30. The number of pyridine rings is 2. The molecule has 4 nitrogen and oxygen atoms in total. The second-order valence-electron chi connectivity index (χ2n) is 6.06. The summed E-state index contributed by atoms with van der Waals surface area (Å²) in [5, 5.41) is 1.00. The molecule has 1 aromatic carbocycles. The van der Waals surface area contributed by atoms with Gasteiger partial charge in [0.1, 0.15) is 0 Å². The van der Waals surface area contributed by atoms with Crippen molar-refractivity contribution in [1.29, 1.82) is 0 Å². The van der Waals surface area contributed by atoms with Gasteiger partial charge in [0.25, 0.3) is 5.56 Å². The molecule has 3 aromatic rings. The molecule has 0 radical (unpaired) electrons. The Morgan fingerprint density at radius 3 is 2.48 bits per heavy atom. The first-order chi connectivity index (χ1) is 11.9. The molecule has 0 amide bonds. The zero-order chi connectivity index (χ0) is 18.3. The SMILES string of the molecule is C=C(C)c1c(F)n(-c2c(C)cnc(OC)c2C)c(=O)c2ccccc12. The number of hydrogen-bond acceptors (Lipinski definition) is 3. The molecule has 0 N–H and O–H groups in total. The zero-order valence-electron chi connectivity index (χ0n) is 14.7. The summed E-state index contributed by atoms with van der Waals surface area (Å²) in [5.74, 6) is -0.271. The van der Waals surface area contributed by atoms with E-state index in [-0.39, 0.29) is 0 Å². The van der Waals surface area contributed by atoms with Gasteiger partial charge in [-0.05, 0) is 43.4 Å². The van der Waals surface area contributed by atoms with E-state index in [1.807, 2.05) is 0 Å². The third-order valence-corrected chi connectivity index (χ3v) is 4.30. The van der Waals surface area contributed by atoms with E-state index in [1.165, 1.54) is 7.11 Å². The summed E-state index contributed by atoms with van der Waals surface area (Å²) in [5.41, 5.74) is 2.21. The van der Waals surface area contributed by atoms with Crippen LogP contribution >= 0.6 is 0 Å². The number of allylic oxidation sites excluding steroid dienone is 1. The van der Waals surface area contributed by atoms with Gasteiger partial charge in [-0.1, -0.05) is 24.8 Å². The van der Waals surface area contributed by atoms with E-state index in [2.05, 4.69) is 11.6 Å². The Hall–Kier alpha value is -2.95. The highest BCUT2D eigenvalue weighted by Gasteiger charge is 2.22. The maximum absolute atomic E-state index is 15.4. The second-order valence-corrected chi connectivity index (χ2v) is 6.06. The molecule has 25 heavy (non-hydrogen) atoms. The van der Waals surface area contributed by atoms with E-state index >= 15 is 4.39 Å². The molecule has 0 aliphatic rings. The molecule has 0 aliphatic heterocycles. The maximum Gasteiger partial charge on any atom is 0.265 e. The molecule has 5 heteroatoms. The Kier molecular flexibility index (Phi) is 4.17. The monoisotopic (exact) mass is 338 g/mol. The lowest BCUT2D eigenvalue weighted by atomic mass is 10.0. The van der Waals surface area contributed by atoms with Crippen LogP contribution < -0.4 is 10.3 Å². The molecule has 0 atom stereocenters. The summed E-state index contributed by atoms with van der Waals surface area (Å²) >= 11 is 0. The fourth-order valence-corrected chi connectivity index (χ4v) is 3.19. The molecule has 0 bridgehead atoms. The molecule has 0 aliphatic carbocycles. The van der Waals surface area contributed by atoms with E-state index in [0.717, 1.165) is 4.57 Å². The van der Waals surface area contributed by atoms with Crippen LogP contribution in [0.3, 0.4) is 0 Å². The number of ether oxygens (including phenoxy) is 1. The average Bonchev–Trinajstić information content (AvgIpc) is 2.57. The molecule has 2 aromatic heterocycles. The van der Waals surface area contributed by atoms with Crippen molar-refractivity contribution in [2.45, 2.75) is 20.8 Å². The molecule has 0 saturated carbocycles. The normalized spacial score (nSPS) is 10.9. The number of rotatable bonds is 3. The third-order valence-electron chi connectivity index (χ3n) is 4.30. The molecule has 0 spiro atoms. The molecule has 0 fully saturated rings. The molecule has 0 saturated heterocycles. The fourth-order valence-electron chi connectivity index (χ4n) is 3.19. The maximum atomic E-state index is 15.4. The highest BCUT2D eigenvalue weighted by molar-refractivity contribution is 5.92. The molecular formula is C20H19FN2O2. The number of fused-ring (bicyclic) bond motifs is 1. The lowest BCUT2D eigenvalue weighted by Gasteiger charge is -2.18. The van der Waals surface area contributed by atoms with Crippen molar-refractivity contribution in [2.75, 3.05) is 7.11 Å². The van der Waals surface area contributed by atoms with Gasteiger partial charge in [0.15, 0.2) is 0 Å². The van der Waals surface area contributed by atoms with E-state index in [0.29, 0.717) is 44.6 Å². The summed E-state index contributed by atoms with van der Waals surface area (Å²) in [6, 6.07) is 6.98. The van der Waals surface area contributed by atoms with Gasteiger partial charge in [-0.15, -0.1) is 0 Å². The van der Waals surface area contributed by atoms with Crippen LogP contribution in [-0.4, -0.2) is 16.7 Å². The van der Waals surface area contributed by atoms with Crippen molar-refractivity contribution >= 4 is 16.3 Å². The minimum Gasteiger partial charge on any atom is -0.481 e. The van der Waals surface area contributed by atoms with Gasteiger partial charge < -0.3 is 4.74 Å². The van der Waals surface area contributed by atoms with Crippen LogP contribution in [0.25, 0.3) is 22.0 Å². The van der Waals surface area contributed by atoms with Gasteiger partial charge in [-0.25, -0.2) is 4.98 Å². The largest absolute Gasteiger partial charge is 0.481 e. The standard InChI is InChI=1S/C20H19FN2O2/c1-11(2)16-14-8-6-7-9-15(14)20(24)23(18(16)21)17-12(3)10-22-19(25-5)13(17)4/h6-10H,1H2,2-5H3. The van der Waals surface area contributed by atoms with Crippen LogP contribution in [0.2, 0.25) is 0 Å². The molecular weight excluding hydrogens is 319 g/mol. The van der Waals surface area contributed by atoms with Gasteiger partial charge in [0, 0.05) is 22.7 Å². The number of benzene rings is 1. The molecule has 0 unspecified atom stereocenters. The Morgan fingerprint density at radius 2 is 1.88 bits per heavy atom. The van der Waals surface area contributed by atoms with Crippen molar-refractivity contribution in [3.05, 3.63) is 70.0 Å². The summed E-state index contributed by atoms with van der Waals surface area (Å²) in [6.45, 7) is 9.16. The number of methoxy groups -OCH3 is 1. The minimum absolute atomic E-state index is 0.338. The summed E-state index contributed by atoms with van der Waals surface area (Å²) in [4.78, 5) is 17.2. The fraction of sp³-hybridized carbons (Fsp3) is 0.200. The quantitative estimate of drug-likeness (QED) is 0.673. The zero-order valence-corrected chi connectivity index (χ0v) is 14.7. The van der Waals surface area contributed by atoms with E-state index in [9.17, 15) is 4.79 Å². The van der Waals surface area contributed by atoms with Gasteiger partial charge in [-0.3, -0.25) is 9.36 Å². The first-order valence-corrected chi connectivity index (χ1v) is 7.88. The van der Waals surface area contributed by atoms with Crippen LogP contribution in [-0.2, 0) is 0 Å². The predicted octanol–water partition coefficient (Wildman–Crippen LogP) is 4.18. The van der Waals surface area contributed by atoms with Gasteiger partial charge in [-0.2, -0.15) is 4.39 Å². The predicted molar refractivity (Wildman–Crippen MR) is 98.0 cm³/mol. The Balaban J connectivity index is 2.56. The topological polar surface area (TPSA) is 44.1 Å². The van der Waals surface area contributed by atoms with Crippen LogP contribution in [0, 0.1) is 19.8 Å². The molecule has 128 valence electrons. The van der Waals surface area contributed by atoms with E-state index in [1.54, 1.807) is 51.2 Å². The summed E-state index contributed by atoms with van der Waals surface area (Å²) in [6.07, 6.45) is 1.57. The molecule has 2 heterocycles. The number of nitrogens with zero attached hydrogens (tertiary/aromatic N) is 2. The Labute approximate surface area is 145 Å². The van der Waals surface area contributed by atoms with Crippen molar-refractivity contribution in [2.24, 2.45) is 0 Å². The summed E-state index contributed by atoms with van der Waals surface area (Å²) < 4.78 is 21.8. The second kappa shape index (κ2) is 6.16. The summed E-state index contributed by atoms with van der Waals surface area (Å²) in [7, 11) is 1.49. The average molecular weight is 338 g/mol. The van der Waals surface area contributed by atoms with Crippen molar-refractivity contribution in [3.8, 4) is 11.6 Å². The van der Waals surface area contributed by atoms with E-state index < -0.39 is 11.5 Å². The van der Waals surface area contributed by atoms with Gasteiger partial charge >= 0.3 is 0 Å². The minimum atomic E-state index is -0.629. The molecule has 3 rings (SSSR count). The lowest BCUT2D eigenvalue weighted by molar-refractivity contribution is 0.393. The van der Waals surface area contributed by atoms with Crippen molar-refractivity contribution in [3.63, 3.8) is 0 Å². The Morgan fingerprint density at radius 1 is 1.24 bits per heavy atom. The highest BCUT2D eigenvalue weighted by atomic mass is 19.1. The Bertz CT molecular complexity index is 1070. The number of aromatic nitrogens is 2. The smallest absolute Gasteiger partial charge is 0.265 e. The number of hydrogen-bond donors (Lipinski definition) is 0. The van der Waals surface area contributed by atoms with Crippen LogP contribution in [0.5, 0.6) is 5.88 Å². The van der Waals surface area contributed by atoms with Crippen LogP contribution in [0.4, 0.5) is 4.39 Å². The first kappa shape index (κ1) is 16.9. The van der Waals surface area contributed by atoms with Gasteiger partial charge in [0.05, 0.1) is 12.8 Å². The lowest BCUT2D eigenvalue weighted by Crippen LogP contribution is -2.25. The van der Waals surface area contributed by atoms with Gasteiger partial charge in [0.2, 0.25) is 11.8 Å². The van der Waals surface area contributed by atoms with E-state index in [4.69, 9.17) is 4.74 Å². The first-order valence-electron chi connectivity index (χ1n) is 7.88. The number of aryl methyl sites for hydroxylation is 1. The van der Waals surface area contributed by atoms with Crippen molar-refractivity contribution < 1.29 is 9.13 Å². The van der Waals surface area contributed by atoms with Crippen LogP contribution in [0.15, 0.2) is 41.8 Å². The third kappa shape index (κ3) is 2.52. The van der Waals surface area contributed by atoms with Crippen molar-refractivity contribution in [1.82, 2.24) is 9.55 Å². The number of halogens is 1. The van der Waals surface area contributed by atoms with Crippen LogP contribution in [0.1, 0.15) is 23.6 Å².